The maximum atomic E-state index is 12.8. The number of carbonyl (C=O) groups excluding carboxylic acids is 1. The van der Waals surface area contributed by atoms with E-state index in [0.29, 0.717) is 17.2 Å². The molecule has 1 N–H and O–H groups in total. The number of hydrogen-bond acceptors (Lipinski definition) is 4. The van der Waals surface area contributed by atoms with Gasteiger partial charge in [-0.05, 0) is 43.3 Å². The number of carbonyl (C=O) groups is 1. The molecule has 3 rings (SSSR count). The highest BCUT2D eigenvalue weighted by Gasteiger charge is 2.26. The zero-order valence-electron chi connectivity index (χ0n) is 12.8. The highest BCUT2D eigenvalue weighted by molar-refractivity contribution is 9.10. The standard InChI is InChI=1S/C17H18BrN3O2/c1-21(13-7-9-19-11-13)17(22)15-6-3-8-20-16(15)23-14-5-2-4-12(18)10-14/h2-6,8,10,13,19H,7,9,11H2,1H3. The Bertz CT molecular complexity index is 702. The Balaban J connectivity index is 1.83. The molecule has 0 radical (unpaired) electrons. The van der Waals surface area contributed by atoms with Crippen LogP contribution >= 0.6 is 15.9 Å². The average molecular weight is 376 g/mol. The summed E-state index contributed by atoms with van der Waals surface area (Å²) in [6, 6.07) is 11.2. The zero-order valence-corrected chi connectivity index (χ0v) is 14.4. The number of nitrogens with one attached hydrogen (secondary N) is 1. The van der Waals surface area contributed by atoms with Gasteiger partial charge in [-0.3, -0.25) is 4.79 Å². The number of rotatable bonds is 4. The molecule has 0 saturated carbocycles. The van der Waals surface area contributed by atoms with Gasteiger partial charge in [-0.2, -0.15) is 0 Å². The van der Waals surface area contributed by atoms with Crippen molar-refractivity contribution in [1.29, 1.82) is 0 Å². The number of amides is 1. The highest BCUT2D eigenvalue weighted by atomic mass is 79.9. The topological polar surface area (TPSA) is 54.5 Å². The third kappa shape index (κ3) is 3.71. The van der Waals surface area contributed by atoms with Crippen LogP contribution in [0.2, 0.25) is 0 Å². The van der Waals surface area contributed by atoms with E-state index in [2.05, 4.69) is 26.2 Å². The summed E-state index contributed by atoms with van der Waals surface area (Å²) in [5, 5.41) is 3.27. The number of nitrogens with zero attached hydrogens (tertiary/aromatic N) is 2. The second kappa shape index (κ2) is 7.10. The first-order chi connectivity index (χ1) is 11.1. The second-order valence-corrected chi connectivity index (χ2v) is 6.39. The number of benzene rings is 1. The molecule has 6 heteroatoms. The molecule has 2 aromatic rings. The molecule has 0 spiro atoms. The van der Waals surface area contributed by atoms with Crippen LogP contribution in [0.25, 0.3) is 0 Å². The van der Waals surface area contributed by atoms with Crippen LogP contribution in [0.5, 0.6) is 11.6 Å². The van der Waals surface area contributed by atoms with E-state index in [4.69, 9.17) is 4.74 Å². The lowest BCUT2D eigenvalue weighted by Gasteiger charge is -2.24. The Morgan fingerprint density at radius 2 is 2.26 bits per heavy atom. The van der Waals surface area contributed by atoms with E-state index in [1.165, 1.54) is 0 Å². The smallest absolute Gasteiger partial charge is 0.259 e. The number of hydrogen-bond donors (Lipinski definition) is 1. The van der Waals surface area contributed by atoms with Crippen molar-refractivity contribution in [3.8, 4) is 11.6 Å². The first-order valence-electron chi connectivity index (χ1n) is 7.51. The van der Waals surface area contributed by atoms with Crippen molar-refractivity contribution >= 4 is 21.8 Å². The molecule has 23 heavy (non-hydrogen) atoms. The fourth-order valence-corrected chi connectivity index (χ4v) is 2.98. The summed E-state index contributed by atoms with van der Waals surface area (Å²) < 4.78 is 6.73. The van der Waals surface area contributed by atoms with Gasteiger partial charge >= 0.3 is 0 Å². The van der Waals surface area contributed by atoms with E-state index in [1.54, 1.807) is 23.2 Å². The van der Waals surface area contributed by atoms with Crippen LogP contribution < -0.4 is 10.1 Å². The quantitative estimate of drug-likeness (QED) is 0.891. The van der Waals surface area contributed by atoms with E-state index in [0.717, 1.165) is 24.0 Å². The van der Waals surface area contributed by atoms with Gasteiger partial charge in [-0.15, -0.1) is 0 Å². The maximum absolute atomic E-state index is 12.8. The minimum Gasteiger partial charge on any atom is -0.438 e. The van der Waals surface area contributed by atoms with Crippen molar-refractivity contribution in [2.45, 2.75) is 12.5 Å². The molecule has 2 heterocycles. The molecule has 1 saturated heterocycles. The molecule has 1 aromatic carbocycles. The van der Waals surface area contributed by atoms with E-state index >= 15 is 0 Å². The summed E-state index contributed by atoms with van der Waals surface area (Å²) in [6.07, 6.45) is 2.59. The summed E-state index contributed by atoms with van der Waals surface area (Å²) in [6.45, 7) is 1.76. The lowest BCUT2D eigenvalue weighted by atomic mass is 10.2. The minimum absolute atomic E-state index is 0.0724. The molecule has 1 fully saturated rings. The second-order valence-electron chi connectivity index (χ2n) is 5.48. The fourth-order valence-electron chi connectivity index (χ4n) is 2.60. The zero-order chi connectivity index (χ0) is 16.2. The Morgan fingerprint density at radius 1 is 1.39 bits per heavy atom. The largest absolute Gasteiger partial charge is 0.438 e. The van der Waals surface area contributed by atoms with Crippen molar-refractivity contribution in [1.82, 2.24) is 15.2 Å². The maximum Gasteiger partial charge on any atom is 0.259 e. The summed E-state index contributed by atoms with van der Waals surface area (Å²) >= 11 is 3.41. The SMILES string of the molecule is CN(C(=O)c1cccnc1Oc1cccc(Br)c1)C1CCNC1. The summed E-state index contributed by atoms with van der Waals surface area (Å²) in [5.41, 5.74) is 0.474. The monoisotopic (exact) mass is 375 g/mol. The van der Waals surface area contributed by atoms with Gasteiger partial charge < -0.3 is 15.0 Å². The van der Waals surface area contributed by atoms with E-state index in [9.17, 15) is 4.79 Å². The summed E-state index contributed by atoms with van der Waals surface area (Å²) in [4.78, 5) is 18.8. The Labute approximate surface area is 143 Å². The lowest BCUT2D eigenvalue weighted by Crippen LogP contribution is -2.38. The fraction of sp³-hybridized carbons (Fsp3) is 0.294. The summed E-state index contributed by atoms with van der Waals surface area (Å²) in [5.74, 6) is 0.891. The molecule has 0 bridgehead atoms. The van der Waals surface area contributed by atoms with Crippen molar-refractivity contribution in [2.75, 3.05) is 20.1 Å². The van der Waals surface area contributed by atoms with Crippen molar-refractivity contribution in [3.63, 3.8) is 0 Å². The number of ether oxygens (including phenoxy) is 1. The van der Waals surface area contributed by atoms with Crippen LogP contribution in [0.3, 0.4) is 0 Å². The van der Waals surface area contributed by atoms with Gasteiger partial charge in [0, 0.05) is 30.3 Å². The van der Waals surface area contributed by atoms with Gasteiger partial charge in [0.25, 0.3) is 5.91 Å². The molecule has 120 valence electrons. The van der Waals surface area contributed by atoms with Gasteiger partial charge in [0.15, 0.2) is 0 Å². The lowest BCUT2D eigenvalue weighted by molar-refractivity contribution is 0.0740. The van der Waals surface area contributed by atoms with Gasteiger partial charge in [0.1, 0.15) is 11.3 Å². The molecular formula is C17H18BrN3O2. The van der Waals surface area contributed by atoms with Crippen LogP contribution in [0.15, 0.2) is 47.1 Å². The molecule has 0 aliphatic carbocycles. The predicted molar refractivity (Wildman–Crippen MR) is 91.8 cm³/mol. The van der Waals surface area contributed by atoms with Crippen molar-refractivity contribution in [2.24, 2.45) is 0 Å². The van der Waals surface area contributed by atoms with Crippen molar-refractivity contribution in [3.05, 3.63) is 52.6 Å². The van der Waals surface area contributed by atoms with Crippen LogP contribution in [0.1, 0.15) is 16.8 Å². The van der Waals surface area contributed by atoms with E-state index in [-0.39, 0.29) is 11.9 Å². The van der Waals surface area contributed by atoms with Gasteiger partial charge in [-0.1, -0.05) is 22.0 Å². The molecular weight excluding hydrogens is 358 g/mol. The number of aromatic nitrogens is 1. The third-order valence-electron chi connectivity index (χ3n) is 3.91. The Kier molecular flexibility index (Phi) is 4.93. The minimum atomic E-state index is -0.0724. The average Bonchev–Trinajstić information content (AvgIpc) is 3.08. The molecule has 1 unspecified atom stereocenters. The summed E-state index contributed by atoms with van der Waals surface area (Å²) in [7, 11) is 1.83. The normalized spacial score (nSPS) is 17.0. The van der Waals surface area contributed by atoms with Crippen molar-refractivity contribution < 1.29 is 9.53 Å². The molecule has 1 atom stereocenters. The Hall–Kier alpha value is -1.92. The van der Waals surface area contributed by atoms with Gasteiger partial charge in [0.05, 0.1) is 0 Å². The Morgan fingerprint density at radius 3 is 3.00 bits per heavy atom. The van der Waals surface area contributed by atoms with Crippen LogP contribution in [0.4, 0.5) is 0 Å². The first kappa shape index (κ1) is 16.0. The molecule has 5 nitrogen and oxygen atoms in total. The van der Waals surface area contributed by atoms with Gasteiger partial charge in [-0.25, -0.2) is 4.98 Å². The number of halogens is 1. The molecule has 1 amide bonds. The molecule has 1 aliphatic rings. The predicted octanol–water partition coefficient (Wildman–Crippen LogP) is 3.07. The highest BCUT2D eigenvalue weighted by Crippen LogP contribution is 2.26. The molecule has 1 aliphatic heterocycles. The third-order valence-corrected chi connectivity index (χ3v) is 4.41. The number of likely N-dealkylation sites (N-methyl/N-ethyl adjacent to an activating group) is 1. The number of pyridine rings is 1. The van der Waals surface area contributed by atoms with Crippen LogP contribution in [-0.4, -0.2) is 42.0 Å². The molecule has 1 aromatic heterocycles. The van der Waals surface area contributed by atoms with E-state index in [1.807, 2.05) is 31.3 Å². The first-order valence-corrected chi connectivity index (χ1v) is 8.31. The van der Waals surface area contributed by atoms with E-state index < -0.39 is 0 Å². The van der Waals surface area contributed by atoms with Crippen LogP contribution in [-0.2, 0) is 0 Å². The van der Waals surface area contributed by atoms with Gasteiger partial charge in [0.2, 0.25) is 5.88 Å². The van der Waals surface area contributed by atoms with Crippen LogP contribution in [0, 0.1) is 0 Å².